The fourth-order valence-corrected chi connectivity index (χ4v) is 3.08. The molecule has 0 aliphatic carbocycles. The van der Waals surface area contributed by atoms with E-state index >= 15 is 0 Å². The van der Waals surface area contributed by atoms with E-state index in [1.807, 2.05) is 58.9 Å². The highest BCUT2D eigenvalue weighted by Gasteiger charge is 2.26. The Labute approximate surface area is 167 Å². The Kier molecular flexibility index (Phi) is 7.61. The lowest BCUT2D eigenvalue weighted by molar-refractivity contribution is -0.124. The molecule has 2 rings (SSSR count). The van der Waals surface area contributed by atoms with Crippen LogP contribution in [-0.4, -0.2) is 24.5 Å². The number of hydrogen-bond acceptors (Lipinski definition) is 3. The zero-order valence-corrected chi connectivity index (χ0v) is 17.3. The van der Waals surface area contributed by atoms with Gasteiger partial charge in [0.25, 0.3) is 5.91 Å². The van der Waals surface area contributed by atoms with Crippen LogP contribution in [0.1, 0.15) is 55.2 Å². The zero-order chi connectivity index (χ0) is 20.7. The quantitative estimate of drug-likeness (QED) is 0.724. The lowest BCUT2D eigenvalue weighted by Gasteiger charge is -2.25. The van der Waals surface area contributed by atoms with Gasteiger partial charge >= 0.3 is 0 Å². The van der Waals surface area contributed by atoms with E-state index in [0.717, 1.165) is 11.1 Å². The second-order valence-corrected chi connectivity index (χ2v) is 7.24. The van der Waals surface area contributed by atoms with Crippen molar-refractivity contribution in [2.24, 2.45) is 5.92 Å². The number of amides is 2. The molecular formula is C23H30N2O3. The molecule has 2 atom stereocenters. The average Bonchev–Trinajstić information content (AvgIpc) is 2.66. The van der Waals surface area contributed by atoms with Crippen LogP contribution >= 0.6 is 0 Å². The lowest BCUT2D eigenvalue weighted by Crippen LogP contribution is -2.50. The summed E-state index contributed by atoms with van der Waals surface area (Å²) in [6, 6.07) is 14.1. The van der Waals surface area contributed by atoms with Crippen LogP contribution in [0, 0.1) is 12.8 Å². The molecule has 0 aromatic heterocycles. The van der Waals surface area contributed by atoms with Gasteiger partial charge in [0.2, 0.25) is 5.91 Å². The lowest BCUT2D eigenvalue weighted by atomic mass is 9.99. The third-order valence-corrected chi connectivity index (χ3v) is 4.68. The van der Waals surface area contributed by atoms with Gasteiger partial charge in [-0.2, -0.15) is 0 Å². The summed E-state index contributed by atoms with van der Waals surface area (Å²) in [7, 11) is 0. The number of aryl methyl sites for hydroxylation is 1. The first-order chi connectivity index (χ1) is 13.3. The van der Waals surface area contributed by atoms with Gasteiger partial charge in [0.1, 0.15) is 11.8 Å². The summed E-state index contributed by atoms with van der Waals surface area (Å²) in [5.74, 6) is 0.199. The topological polar surface area (TPSA) is 67.4 Å². The molecule has 0 aliphatic heterocycles. The van der Waals surface area contributed by atoms with Crippen molar-refractivity contribution in [2.45, 2.75) is 46.7 Å². The second kappa shape index (κ2) is 9.93. The summed E-state index contributed by atoms with van der Waals surface area (Å²) in [5.41, 5.74) is 2.68. The van der Waals surface area contributed by atoms with Crippen molar-refractivity contribution in [1.82, 2.24) is 10.6 Å². The molecule has 2 aromatic carbocycles. The van der Waals surface area contributed by atoms with Gasteiger partial charge < -0.3 is 15.4 Å². The summed E-state index contributed by atoms with van der Waals surface area (Å²) in [4.78, 5) is 25.5. The fourth-order valence-electron chi connectivity index (χ4n) is 3.08. The van der Waals surface area contributed by atoms with E-state index in [1.54, 1.807) is 24.3 Å². The van der Waals surface area contributed by atoms with Gasteiger partial charge in [-0.1, -0.05) is 38.1 Å². The van der Waals surface area contributed by atoms with Crippen LogP contribution in [0.5, 0.6) is 5.75 Å². The number of rotatable bonds is 8. The summed E-state index contributed by atoms with van der Waals surface area (Å²) in [5, 5.41) is 5.89. The second-order valence-electron chi connectivity index (χ2n) is 7.24. The van der Waals surface area contributed by atoms with Crippen LogP contribution in [0.25, 0.3) is 0 Å². The first kappa shape index (κ1) is 21.5. The standard InChI is InChI=1S/C23H30N2O3/c1-6-28-19-13-11-18(12-14-19)22(26)25-21(15(2)3)23(27)24-17(5)20-10-8-7-9-16(20)4/h7-15,17,21H,6H2,1-5H3,(H,24,27)(H,25,26). The largest absolute Gasteiger partial charge is 0.494 e. The summed E-state index contributed by atoms with van der Waals surface area (Å²) in [6.45, 7) is 10.3. The molecule has 0 spiro atoms. The third kappa shape index (κ3) is 5.59. The Morgan fingerprint density at radius 2 is 1.61 bits per heavy atom. The number of carbonyl (C=O) groups excluding carboxylic acids is 2. The fraction of sp³-hybridized carbons (Fsp3) is 0.391. The molecule has 2 unspecified atom stereocenters. The van der Waals surface area contributed by atoms with Gasteiger partial charge in [0.05, 0.1) is 12.6 Å². The molecule has 0 aliphatic rings. The molecule has 2 N–H and O–H groups in total. The van der Waals surface area contributed by atoms with Gasteiger partial charge in [0.15, 0.2) is 0 Å². The number of ether oxygens (including phenoxy) is 1. The summed E-state index contributed by atoms with van der Waals surface area (Å²) >= 11 is 0. The predicted octanol–water partition coefficient (Wildman–Crippen LogP) is 4.03. The van der Waals surface area contributed by atoms with E-state index in [0.29, 0.717) is 17.9 Å². The van der Waals surface area contributed by atoms with Gasteiger partial charge in [-0.15, -0.1) is 0 Å². The van der Waals surface area contributed by atoms with E-state index in [2.05, 4.69) is 10.6 Å². The first-order valence-corrected chi connectivity index (χ1v) is 9.73. The highest BCUT2D eigenvalue weighted by atomic mass is 16.5. The maximum Gasteiger partial charge on any atom is 0.251 e. The smallest absolute Gasteiger partial charge is 0.251 e. The highest BCUT2D eigenvalue weighted by molar-refractivity contribution is 5.97. The Bertz CT molecular complexity index is 800. The minimum absolute atomic E-state index is 0.0456. The number of hydrogen-bond donors (Lipinski definition) is 2. The van der Waals surface area contributed by atoms with Crippen molar-refractivity contribution in [2.75, 3.05) is 6.61 Å². The molecule has 28 heavy (non-hydrogen) atoms. The van der Waals surface area contributed by atoms with Crippen LogP contribution in [0.15, 0.2) is 48.5 Å². The van der Waals surface area contributed by atoms with E-state index in [9.17, 15) is 9.59 Å². The average molecular weight is 383 g/mol. The first-order valence-electron chi connectivity index (χ1n) is 9.73. The zero-order valence-electron chi connectivity index (χ0n) is 17.3. The molecule has 2 amide bonds. The monoisotopic (exact) mass is 382 g/mol. The molecule has 0 saturated heterocycles. The SMILES string of the molecule is CCOc1ccc(C(=O)NC(C(=O)NC(C)c2ccccc2C)C(C)C)cc1. The molecule has 150 valence electrons. The maximum atomic E-state index is 12.8. The van der Waals surface area contributed by atoms with Crippen LogP contribution < -0.4 is 15.4 Å². The van der Waals surface area contributed by atoms with Crippen LogP contribution in [0.2, 0.25) is 0 Å². The number of nitrogens with one attached hydrogen (secondary N) is 2. The number of benzene rings is 2. The summed E-state index contributed by atoms with van der Waals surface area (Å²) < 4.78 is 5.40. The van der Waals surface area contributed by atoms with Crippen LogP contribution in [0.4, 0.5) is 0 Å². The van der Waals surface area contributed by atoms with Crippen molar-refractivity contribution in [3.63, 3.8) is 0 Å². The van der Waals surface area contributed by atoms with Crippen molar-refractivity contribution < 1.29 is 14.3 Å². The van der Waals surface area contributed by atoms with Crippen molar-refractivity contribution in [3.05, 3.63) is 65.2 Å². The Balaban J connectivity index is 2.06. The van der Waals surface area contributed by atoms with Crippen LogP contribution in [-0.2, 0) is 4.79 Å². The Morgan fingerprint density at radius 3 is 2.18 bits per heavy atom. The van der Waals surface area contributed by atoms with E-state index < -0.39 is 6.04 Å². The third-order valence-electron chi connectivity index (χ3n) is 4.68. The molecule has 0 fully saturated rings. The minimum atomic E-state index is -0.620. The normalized spacial score (nSPS) is 12.9. The van der Waals surface area contributed by atoms with Gasteiger partial charge in [0, 0.05) is 5.56 Å². The van der Waals surface area contributed by atoms with Gasteiger partial charge in [-0.3, -0.25) is 9.59 Å². The van der Waals surface area contributed by atoms with Gasteiger partial charge in [-0.25, -0.2) is 0 Å². The minimum Gasteiger partial charge on any atom is -0.494 e. The molecule has 5 heteroatoms. The van der Waals surface area contributed by atoms with E-state index in [4.69, 9.17) is 4.74 Å². The van der Waals surface area contributed by atoms with E-state index in [-0.39, 0.29) is 23.8 Å². The van der Waals surface area contributed by atoms with Crippen molar-refractivity contribution in [1.29, 1.82) is 0 Å². The summed E-state index contributed by atoms with van der Waals surface area (Å²) in [6.07, 6.45) is 0. The molecule has 2 aromatic rings. The molecule has 5 nitrogen and oxygen atoms in total. The highest BCUT2D eigenvalue weighted by Crippen LogP contribution is 2.18. The van der Waals surface area contributed by atoms with Crippen molar-refractivity contribution >= 4 is 11.8 Å². The number of carbonyl (C=O) groups is 2. The molecule has 0 radical (unpaired) electrons. The Hall–Kier alpha value is -2.82. The molecule has 0 saturated carbocycles. The molecule has 0 bridgehead atoms. The molecular weight excluding hydrogens is 352 g/mol. The van der Waals surface area contributed by atoms with Gasteiger partial charge in [-0.05, 0) is 62.1 Å². The Morgan fingerprint density at radius 1 is 0.964 bits per heavy atom. The molecule has 0 heterocycles. The van der Waals surface area contributed by atoms with Crippen molar-refractivity contribution in [3.8, 4) is 5.75 Å². The van der Waals surface area contributed by atoms with E-state index in [1.165, 1.54) is 0 Å². The predicted molar refractivity (Wildman–Crippen MR) is 111 cm³/mol. The maximum absolute atomic E-state index is 12.8. The van der Waals surface area contributed by atoms with Crippen LogP contribution in [0.3, 0.4) is 0 Å².